The largest absolute Gasteiger partial charge is 0.497 e. The highest BCUT2D eigenvalue weighted by atomic mass is 32.2. The van der Waals surface area contributed by atoms with Crippen LogP contribution in [0.2, 0.25) is 0 Å². The quantitative estimate of drug-likeness (QED) is 0.310. The second kappa shape index (κ2) is 9.99. The number of ether oxygens (including phenoxy) is 1. The van der Waals surface area contributed by atoms with E-state index in [0.717, 1.165) is 41.1 Å². The van der Waals surface area contributed by atoms with Crippen molar-refractivity contribution in [3.05, 3.63) is 71.9 Å². The fraction of sp³-hybridized carbons (Fsp3) is 0.333. The molecule has 0 spiro atoms. The Morgan fingerprint density at radius 3 is 2.41 bits per heavy atom. The molecule has 0 saturated carbocycles. The molecule has 8 heteroatoms. The number of nitrogens with zero attached hydrogens (tertiary/aromatic N) is 5. The zero-order chi connectivity index (χ0) is 22.5. The zero-order valence-corrected chi connectivity index (χ0v) is 19.5. The molecule has 2 aromatic heterocycles. The van der Waals surface area contributed by atoms with Gasteiger partial charge in [0.05, 0.1) is 12.4 Å². The van der Waals surface area contributed by atoms with Crippen LogP contribution in [0.4, 0.5) is 0 Å². The SMILES string of the molecule is COc1ccc(-c2nnc(SC(C)c3nc(C(C)C)no3)n2CCc2ccccc2)cc1. The summed E-state index contributed by atoms with van der Waals surface area (Å²) in [5.74, 6) is 3.18. The van der Waals surface area contributed by atoms with Gasteiger partial charge in [-0.25, -0.2) is 0 Å². The van der Waals surface area contributed by atoms with Crippen molar-refractivity contribution in [3.63, 3.8) is 0 Å². The van der Waals surface area contributed by atoms with E-state index in [4.69, 9.17) is 9.26 Å². The Balaban J connectivity index is 1.61. The summed E-state index contributed by atoms with van der Waals surface area (Å²) in [4.78, 5) is 4.54. The van der Waals surface area contributed by atoms with Crippen molar-refractivity contribution < 1.29 is 9.26 Å². The fourth-order valence-electron chi connectivity index (χ4n) is 3.27. The van der Waals surface area contributed by atoms with Gasteiger partial charge in [0.25, 0.3) is 0 Å². The number of hydrogen-bond acceptors (Lipinski definition) is 7. The van der Waals surface area contributed by atoms with Gasteiger partial charge in [0.15, 0.2) is 16.8 Å². The number of rotatable bonds is 9. The molecule has 0 aliphatic carbocycles. The van der Waals surface area contributed by atoms with Gasteiger partial charge in [-0.2, -0.15) is 4.98 Å². The third kappa shape index (κ3) is 5.02. The van der Waals surface area contributed by atoms with Crippen LogP contribution in [0.25, 0.3) is 11.4 Å². The summed E-state index contributed by atoms with van der Waals surface area (Å²) in [6.07, 6.45) is 0.877. The molecule has 0 N–H and O–H groups in total. The van der Waals surface area contributed by atoms with Gasteiger partial charge in [0, 0.05) is 18.0 Å². The summed E-state index contributed by atoms with van der Waals surface area (Å²) in [5.41, 5.74) is 2.26. The lowest BCUT2D eigenvalue weighted by Crippen LogP contribution is -2.06. The van der Waals surface area contributed by atoms with Crippen molar-refractivity contribution in [1.29, 1.82) is 0 Å². The molecule has 166 valence electrons. The fourth-order valence-corrected chi connectivity index (χ4v) is 4.18. The van der Waals surface area contributed by atoms with Gasteiger partial charge in [0.2, 0.25) is 5.89 Å². The topological polar surface area (TPSA) is 78.9 Å². The molecule has 0 radical (unpaired) electrons. The first-order valence-corrected chi connectivity index (χ1v) is 11.5. The average Bonchev–Trinajstić information content (AvgIpc) is 3.46. The maximum atomic E-state index is 5.49. The lowest BCUT2D eigenvalue weighted by atomic mass is 10.1. The van der Waals surface area contributed by atoms with E-state index in [-0.39, 0.29) is 11.2 Å². The molecule has 0 saturated heterocycles. The highest BCUT2D eigenvalue weighted by Crippen LogP contribution is 2.35. The molecule has 0 bridgehead atoms. The lowest BCUT2D eigenvalue weighted by Gasteiger charge is -2.12. The number of benzene rings is 2. The minimum Gasteiger partial charge on any atom is -0.497 e. The third-order valence-electron chi connectivity index (χ3n) is 5.14. The summed E-state index contributed by atoms with van der Waals surface area (Å²) in [5, 5.41) is 13.9. The Bertz CT molecular complexity index is 1140. The molecule has 1 atom stereocenters. The molecule has 0 amide bonds. The van der Waals surface area contributed by atoms with Crippen molar-refractivity contribution in [1.82, 2.24) is 24.9 Å². The molecule has 2 heterocycles. The Morgan fingerprint density at radius 1 is 1.00 bits per heavy atom. The first-order valence-electron chi connectivity index (χ1n) is 10.7. The Kier molecular flexibility index (Phi) is 6.90. The predicted octanol–water partition coefficient (Wildman–Crippen LogP) is 5.56. The summed E-state index contributed by atoms with van der Waals surface area (Å²) >= 11 is 1.58. The van der Waals surface area contributed by atoms with E-state index in [9.17, 15) is 0 Å². The smallest absolute Gasteiger partial charge is 0.239 e. The number of aromatic nitrogens is 5. The lowest BCUT2D eigenvalue weighted by molar-refractivity contribution is 0.372. The number of hydrogen-bond donors (Lipinski definition) is 0. The normalized spacial score (nSPS) is 12.3. The van der Waals surface area contributed by atoms with Crippen LogP contribution in [-0.4, -0.2) is 32.0 Å². The predicted molar refractivity (Wildman–Crippen MR) is 125 cm³/mol. The van der Waals surface area contributed by atoms with Crippen LogP contribution >= 0.6 is 11.8 Å². The highest BCUT2D eigenvalue weighted by Gasteiger charge is 2.22. The molecule has 2 aromatic carbocycles. The minimum atomic E-state index is -0.0432. The summed E-state index contributed by atoms with van der Waals surface area (Å²) in [6, 6.07) is 18.3. The average molecular weight is 450 g/mol. The first kappa shape index (κ1) is 22.1. The highest BCUT2D eigenvalue weighted by molar-refractivity contribution is 7.99. The molecule has 32 heavy (non-hydrogen) atoms. The minimum absolute atomic E-state index is 0.0432. The Labute approximate surface area is 192 Å². The van der Waals surface area contributed by atoms with Crippen molar-refractivity contribution in [3.8, 4) is 17.1 Å². The third-order valence-corrected chi connectivity index (χ3v) is 6.20. The molecular formula is C24H27N5O2S. The van der Waals surface area contributed by atoms with Gasteiger partial charge in [-0.05, 0) is 43.2 Å². The number of aryl methyl sites for hydroxylation is 1. The summed E-state index contributed by atoms with van der Waals surface area (Å²) < 4.78 is 13.0. The van der Waals surface area contributed by atoms with Crippen LogP contribution in [0, 0.1) is 0 Å². The van der Waals surface area contributed by atoms with E-state index in [2.05, 4.69) is 49.2 Å². The number of methoxy groups -OCH3 is 1. The number of thioether (sulfide) groups is 1. The molecule has 0 aliphatic rings. The van der Waals surface area contributed by atoms with Gasteiger partial charge in [0.1, 0.15) is 5.75 Å². The van der Waals surface area contributed by atoms with Crippen molar-refractivity contribution in [2.75, 3.05) is 7.11 Å². The van der Waals surface area contributed by atoms with Crippen molar-refractivity contribution >= 4 is 11.8 Å². The van der Waals surface area contributed by atoms with Crippen LogP contribution in [0.1, 0.15) is 49.2 Å². The second-order valence-electron chi connectivity index (χ2n) is 7.83. The summed E-state index contributed by atoms with van der Waals surface area (Å²) in [6.45, 7) is 6.90. The standard InChI is InChI=1S/C24H27N5O2S/c1-16(2)21-25-23(31-28-21)17(3)32-24-27-26-22(19-10-12-20(30-4)13-11-19)29(24)15-14-18-8-6-5-7-9-18/h5-13,16-17H,14-15H2,1-4H3. The van der Waals surface area contributed by atoms with E-state index in [1.807, 2.05) is 51.1 Å². The monoisotopic (exact) mass is 449 g/mol. The Hall–Kier alpha value is -3.13. The van der Waals surface area contributed by atoms with Crippen LogP contribution in [0.3, 0.4) is 0 Å². The van der Waals surface area contributed by atoms with Crippen molar-refractivity contribution in [2.45, 2.75) is 50.1 Å². The first-order chi connectivity index (χ1) is 15.5. The van der Waals surface area contributed by atoms with Crippen molar-refractivity contribution in [2.24, 2.45) is 0 Å². The van der Waals surface area contributed by atoms with Gasteiger partial charge < -0.3 is 13.8 Å². The molecule has 4 aromatic rings. The van der Waals surface area contributed by atoms with E-state index in [1.165, 1.54) is 5.56 Å². The van der Waals surface area contributed by atoms with Crippen LogP contribution in [0.5, 0.6) is 5.75 Å². The second-order valence-corrected chi connectivity index (χ2v) is 9.14. The van der Waals surface area contributed by atoms with E-state index >= 15 is 0 Å². The van der Waals surface area contributed by atoms with E-state index in [0.29, 0.717) is 5.89 Å². The van der Waals surface area contributed by atoms with Crippen LogP contribution in [0.15, 0.2) is 64.3 Å². The van der Waals surface area contributed by atoms with Gasteiger partial charge in [-0.15, -0.1) is 10.2 Å². The molecule has 0 fully saturated rings. The molecular weight excluding hydrogens is 422 g/mol. The van der Waals surface area contributed by atoms with Gasteiger partial charge in [-0.1, -0.05) is 61.1 Å². The zero-order valence-electron chi connectivity index (χ0n) is 18.7. The molecule has 7 nitrogen and oxygen atoms in total. The molecule has 4 rings (SSSR count). The van der Waals surface area contributed by atoms with E-state index in [1.54, 1.807) is 18.9 Å². The molecule has 0 aliphatic heterocycles. The maximum Gasteiger partial charge on any atom is 0.239 e. The summed E-state index contributed by atoms with van der Waals surface area (Å²) in [7, 11) is 1.66. The van der Waals surface area contributed by atoms with E-state index < -0.39 is 0 Å². The Morgan fingerprint density at radius 2 is 1.75 bits per heavy atom. The molecule has 1 unspecified atom stereocenters. The van der Waals surface area contributed by atoms with Gasteiger partial charge in [-0.3, -0.25) is 0 Å². The van der Waals surface area contributed by atoms with Gasteiger partial charge >= 0.3 is 0 Å². The van der Waals surface area contributed by atoms with Crippen LogP contribution in [-0.2, 0) is 13.0 Å². The maximum absolute atomic E-state index is 5.49. The van der Waals surface area contributed by atoms with Crippen LogP contribution < -0.4 is 4.74 Å².